The van der Waals surface area contributed by atoms with E-state index in [-0.39, 0.29) is 0 Å². The molecular weight excluding hydrogens is 516 g/mol. The smallest absolute Gasteiger partial charge is 0.481 e. The van der Waals surface area contributed by atoms with Gasteiger partial charge in [-0.3, -0.25) is 9.80 Å². The number of methoxy groups -OCH3 is 1. The van der Waals surface area contributed by atoms with Crippen LogP contribution >= 0.6 is 0 Å². The highest BCUT2D eigenvalue weighted by atomic mass is 19.4. The first-order chi connectivity index (χ1) is 17.2. The number of morpholine rings is 1. The molecule has 210 valence electrons. The molecule has 1 aromatic heterocycles. The Morgan fingerprint density at radius 1 is 1.05 bits per heavy atom. The van der Waals surface area contributed by atoms with Crippen LogP contribution in [0, 0.1) is 5.92 Å². The molecule has 1 saturated carbocycles. The third-order valence-corrected chi connectivity index (χ3v) is 5.83. The topological polar surface area (TPSA) is 112 Å². The van der Waals surface area contributed by atoms with Crippen molar-refractivity contribution in [3.63, 3.8) is 0 Å². The number of halogens is 6. The van der Waals surface area contributed by atoms with Crippen LogP contribution in [-0.4, -0.2) is 101 Å². The molecule has 15 heteroatoms. The number of pyridine rings is 1. The molecule has 4 rings (SSSR count). The number of aliphatic carboxylic acids is 2. The van der Waals surface area contributed by atoms with Gasteiger partial charge in [0.1, 0.15) is 0 Å². The van der Waals surface area contributed by atoms with E-state index in [2.05, 4.69) is 20.9 Å². The second-order valence-electron chi connectivity index (χ2n) is 8.72. The minimum absolute atomic E-state index is 0.428. The Labute approximate surface area is 209 Å². The van der Waals surface area contributed by atoms with E-state index in [4.69, 9.17) is 29.3 Å². The van der Waals surface area contributed by atoms with Gasteiger partial charge in [0.05, 0.1) is 25.5 Å². The highest BCUT2D eigenvalue weighted by molar-refractivity contribution is 5.73. The Morgan fingerprint density at radius 2 is 1.65 bits per heavy atom. The van der Waals surface area contributed by atoms with Gasteiger partial charge in [-0.25, -0.2) is 14.6 Å². The van der Waals surface area contributed by atoms with Crippen LogP contribution in [0.25, 0.3) is 0 Å². The zero-order chi connectivity index (χ0) is 27.8. The molecule has 0 aromatic carbocycles. The number of ether oxygens (including phenoxy) is 2. The number of fused-ring (bicyclic) bond motifs is 1. The van der Waals surface area contributed by atoms with Crippen LogP contribution in [0.3, 0.4) is 0 Å². The van der Waals surface area contributed by atoms with Gasteiger partial charge in [-0.1, -0.05) is 6.07 Å². The normalized spacial score (nSPS) is 22.5. The third kappa shape index (κ3) is 10.7. The predicted octanol–water partition coefficient (Wildman–Crippen LogP) is 3.04. The number of carbonyl (C=O) groups is 2. The van der Waals surface area contributed by atoms with Gasteiger partial charge in [0, 0.05) is 44.8 Å². The molecular formula is C22H29F6N3O6. The second-order valence-corrected chi connectivity index (χ2v) is 8.72. The van der Waals surface area contributed by atoms with Crippen LogP contribution in [-0.2, 0) is 20.9 Å². The number of alkyl halides is 6. The SMILES string of the molecule is COc1cccc(CN2CC[C@@H]3OCCN(CC4CC4)[C@H]3C2)n1.O=C(O)C(F)(F)F.O=C(O)C(F)(F)F. The average molecular weight is 545 g/mol. The minimum Gasteiger partial charge on any atom is -0.481 e. The zero-order valence-corrected chi connectivity index (χ0v) is 20.0. The van der Waals surface area contributed by atoms with Crippen molar-refractivity contribution < 1.29 is 55.6 Å². The Bertz CT molecular complexity index is 872. The lowest BCUT2D eigenvalue weighted by Crippen LogP contribution is -2.60. The molecule has 1 aromatic rings. The first kappa shape index (κ1) is 30.6. The molecule has 3 aliphatic rings. The predicted molar refractivity (Wildman–Crippen MR) is 116 cm³/mol. The fourth-order valence-electron chi connectivity index (χ4n) is 3.90. The molecule has 0 unspecified atom stereocenters. The number of hydrogen-bond acceptors (Lipinski definition) is 7. The van der Waals surface area contributed by atoms with Crippen molar-refractivity contribution in [1.29, 1.82) is 0 Å². The van der Waals surface area contributed by atoms with E-state index < -0.39 is 24.3 Å². The van der Waals surface area contributed by atoms with Crippen molar-refractivity contribution in [2.75, 3.05) is 39.9 Å². The van der Waals surface area contributed by atoms with E-state index in [9.17, 15) is 26.3 Å². The van der Waals surface area contributed by atoms with Gasteiger partial charge in [-0.15, -0.1) is 0 Å². The van der Waals surface area contributed by atoms with Gasteiger partial charge in [0.2, 0.25) is 5.88 Å². The summed E-state index contributed by atoms with van der Waals surface area (Å²) < 4.78 is 74.8. The fourth-order valence-corrected chi connectivity index (χ4v) is 3.90. The summed E-state index contributed by atoms with van der Waals surface area (Å²) in [4.78, 5) is 27.6. The summed E-state index contributed by atoms with van der Waals surface area (Å²) in [5, 5.41) is 14.2. The molecule has 0 amide bonds. The van der Waals surface area contributed by atoms with Crippen LogP contribution in [0.4, 0.5) is 26.3 Å². The molecule has 37 heavy (non-hydrogen) atoms. The van der Waals surface area contributed by atoms with Crippen molar-refractivity contribution in [3.8, 4) is 5.88 Å². The first-order valence-electron chi connectivity index (χ1n) is 11.4. The number of rotatable bonds is 5. The molecule has 0 radical (unpaired) electrons. The molecule has 2 atom stereocenters. The summed E-state index contributed by atoms with van der Waals surface area (Å²) in [5.41, 5.74) is 1.09. The summed E-state index contributed by atoms with van der Waals surface area (Å²) in [6, 6.07) is 6.58. The Hall–Kier alpha value is -2.65. The second kappa shape index (κ2) is 13.2. The molecule has 0 bridgehead atoms. The lowest BCUT2D eigenvalue weighted by molar-refractivity contribution is -0.193. The van der Waals surface area contributed by atoms with Crippen molar-refractivity contribution in [2.45, 2.75) is 50.3 Å². The summed E-state index contributed by atoms with van der Waals surface area (Å²) in [7, 11) is 1.67. The van der Waals surface area contributed by atoms with Crippen LogP contribution < -0.4 is 4.74 Å². The molecule has 2 saturated heterocycles. The average Bonchev–Trinajstić information content (AvgIpc) is 3.63. The number of hydrogen-bond donors (Lipinski definition) is 2. The molecule has 0 spiro atoms. The number of carboxylic acid groups (broad SMARTS) is 2. The Kier molecular flexibility index (Phi) is 10.9. The number of carboxylic acids is 2. The fraction of sp³-hybridized carbons (Fsp3) is 0.682. The molecule has 9 nitrogen and oxygen atoms in total. The quantitative estimate of drug-likeness (QED) is 0.540. The van der Waals surface area contributed by atoms with Crippen molar-refractivity contribution in [1.82, 2.24) is 14.8 Å². The zero-order valence-electron chi connectivity index (χ0n) is 20.0. The van der Waals surface area contributed by atoms with Crippen molar-refractivity contribution >= 4 is 11.9 Å². The molecule has 3 heterocycles. The van der Waals surface area contributed by atoms with Crippen molar-refractivity contribution in [3.05, 3.63) is 23.9 Å². The van der Waals surface area contributed by atoms with Gasteiger partial charge >= 0.3 is 24.3 Å². The lowest BCUT2D eigenvalue weighted by Gasteiger charge is -2.47. The number of aromatic nitrogens is 1. The molecule has 2 aliphatic heterocycles. The Balaban J connectivity index is 0.000000286. The number of likely N-dealkylation sites (tertiary alicyclic amines) is 1. The van der Waals surface area contributed by atoms with Gasteiger partial charge < -0.3 is 19.7 Å². The standard InChI is InChI=1S/C18H27N3O2.2C2HF3O2/c1-22-18-4-2-3-15(19-18)12-20-8-7-17-16(13-20)21(9-10-23-17)11-14-5-6-14;2*3-2(4,5)1(6)7/h2-4,14,16-17H,5-13H2,1H3;2*(H,6,7)/t16-,17-;;/m0../s1. The Morgan fingerprint density at radius 3 is 2.16 bits per heavy atom. The van der Waals surface area contributed by atoms with Crippen LogP contribution in [0.15, 0.2) is 18.2 Å². The van der Waals surface area contributed by atoms with E-state index in [1.807, 2.05) is 12.1 Å². The van der Waals surface area contributed by atoms with Crippen molar-refractivity contribution in [2.24, 2.45) is 5.92 Å². The summed E-state index contributed by atoms with van der Waals surface area (Å²) in [5.74, 6) is -3.86. The number of piperidine rings is 1. The summed E-state index contributed by atoms with van der Waals surface area (Å²) >= 11 is 0. The van der Waals surface area contributed by atoms with Crippen LogP contribution in [0.2, 0.25) is 0 Å². The van der Waals surface area contributed by atoms with Gasteiger partial charge in [0.15, 0.2) is 0 Å². The monoisotopic (exact) mass is 545 g/mol. The van der Waals surface area contributed by atoms with E-state index in [1.165, 1.54) is 19.4 Å². The van der Waals surface area contributed by atoms with Crippen LogP contribution in [0.1, 0.15) is 25.0 Å². The number of nitrogens with zero attached hydrogens (tertiary/aromatic N) is 3. The van der Waals surface area contributed by atoms with Gasteiger partial charge in [-0.05, 0) is 31.2 Å². The minimum atomic E-state index is -5.08. The third-order valence-electron chi connectivity index (χ3n) is 5.83. The highest BCUT2D eigenvalue weighted by Gasteiger charge is 2.40. The molecule has 1 aliphatic carbocycles. The maximum atomic E-state index is 10.6. The first-order valence-corrected chi connectivity index (χ1v) is 11.4. The van der Waals surface area contributed by atoms with Gasteiger partial charge in [0.25, 0.3) is 0 Å². The molecule has 2 N–H and O–H groups in total. The summed E-state index contributed by atoms with van der Waals surface area (Å²) in [6.45, 7) is 6.37. The largest absolute Gasteiger partial charge is 0.490 e. The summed E-state index contributed by atoms with van der Waals surface area (Å²) in [6.07, 6.45) is -5.76. The maximum absolute atomic E-state index is 10.6. The maximum Gasteiger partial charge on any atom is 0.490 e. The van der Waals surface area contributed by atoms with E-state index in [0.29, 0.717) is 18.0 Å². The van der Waals surface area contributed by atoms with E-state index in [1.54, 1.807) is 7.11 Å². The van der Waals surface area contributed by atoms with Gasteiger partial charge in [-0.2, -0.15) is 26.3 Å². The van der Waals surface area contributed by atoms with E-state index in [0.717, 1.165) is 50.8 Å². The molecule has 3 fully saturated rings. The highest BCUT2D eigenvalue weighted by Crippen LogP contribution is 2.33. The van der Waals surface area contributed by atoms with E-state index >= 15 is 0 Å². The van der Waals surface area contributed by atoms with Crippen LogP contribution in [0.5, 0.6) is 5.88 Å². The lowest BCUT2D eigenvalue weighted by atomic mass is 9.98.